The Labute approximate surface area is 147 Å². The largest absolute Gasteiger partial charge is 0.497 e. The van der Waals surface area contributed by atoms with Gasteiger partial charge in [0.15, 0.2) is 0 Å². The first-order chi connectivity index (χ1) is 12.0. The topological polar surface area (TPSA) is 64.6 Å². The third kappa shape index (κ3) is 7.11. The third-order valence-corrected chi connectivity index (χ3v) is 4.91. The fraction of sp³-hybridized carbons (Fsp3) is 0.333. The highest BCUT2D eigenvalue weighted by molar-refractivity contribution is 7.89. The molecule has 0 bridgehead atoms. The second-order valence-corrected chi connectivity index (χ2v) is 7.39. The number of hydrogen-bond acceptors (Lipinski definition) is 4. The Morgan fingerprint density at radius 2 is 1.64 bits per heavy atom. The van der Waals surface area contributed by atoms with E-state index >= 15 is 0 Å². The number of halogens is 1. The van der Waals surface area contributed by atoms with Gasteiger partial charge in [0.25, 0.3) is 0 Å². The van der Waals surface area contributed by atoms with E-state index in [4.69, 9.17) is 9.47 Å². The predicted octanol–water partition coefficient (Wildman–Crippen LogP) is 2.77. The molecule has 0 saturated heterocycles. The van der Waals surface area contributed by atoms with E-state index in [1.54, 1.807) is 7.11 Å². The molecule has 0 aliphatic rings. The molecule has 2 aromatic carbocycles. The molecule has 0 atom stereocenters. The molecular formula is C18H22FNO4S. The summed E-state index contributed by atoms with van der Waals surface area (Å²) in [6, 6.07) is 13.1. The summed E-state index contributed by atoms with van der Waals surface area (Å²) in [5.74, 6) is 0.729. The molecule has 0 unspecified atom stereocenters. The van der Waals surface area contributed by atoms with Crippen LogP contribution in [-0.4, -0.2) is 34.4 Å². The van der Waals surface area contributed by atoms with Crippen molar-refractivity contribution >= 4 is 10.0 Å². The number of hydrogen-bond donors (Lipinski definition) is 1. The fourth-order valence-electron chi connectivity index (χ4n) is 2.18. The number of methoxy groups -OCH3 is 1. The van der Waals surface area contributed by atoms with Crippen molar-refractivity contribution < 1.29 is 22.3 Å². The van der Waals surface area contributed by atoms with Crippen LogP contribution in [0.5, 0.6) is 11.5 Å². The third-order valence-electron chi connectivity index (χ3n) is 3.56. The molecule has 25 heavy (non-hydrogen) atoms. The van der Waals surface area contributed by atoms with Gasteiger partial charge in [0.2, 0.25) is 10.0 Å². The number of rotatable bonds is 10. The molecule has 0 saturated carbocycles. The van der Waals surface area contributed by atoms with Crippen molar-refractivity contribution in [2.24, 2.45) is 0 Å². The lowest BCUT2D eigenvalue weighted by atomic mass is 10.1. The zero-order valence-corrected chi connectivity index (χ0v) is 14.9. The summed E-state index contributed by atoms with van der Waals surface area (Å²) in [6.07, 6.45) is 1.48. The number of ether oxygens (including phenoxy) is 2. The van der Waals surface area contributed by atoms with E-state index in [-0.39, 0.29) is 18.2 Å². The second kappa shape index (κ2) is 9.39. The average molecular weight is 367 g/mol. The van der Waals surface area contributed by atoms with E-state index in [9.17, 15) is 12.8 Å². The Bertz CT molecular complexity index is 746. The smallest absolute Gasteiger partial charge is 0.214 e. The quantitative estimate of drug-likeness (QED) is 0.656. The van der Waals surface area contributed by atoms with Crippen LogP contribution in [0.2, 0.25) is 0 Å². The van der Waals surface area contributed by atoms with Gasteiger partial charge in [-0.05, 0) is 54.8 Å². The molecule has 0 amide bonds. The van der Waals surface area contributed by atoms with Gasteiger partial charge in [-0.15, -0.1) is 0 Å². The van der Waals surface area contributed by atoms with Crippen LogP contribution in [0.15, 0.2) is 48.5 Å². The highest BCUT2D eigenvalue weighted by Gasteiger charge is 2.10. The van der Waals surface area contributed by atoms with Gasteiger partial charge in [-0.2, -0.15) is 0 Å². The molecule has 5 nitrogen and oxygen atoms in total. The van der Waals surface area contributed by atoms with Gasteiger partial charge in [-0.1, -0.05) is 12.1 Å². The van der Waals surface area contributed by atoms with Crippen LogP contribution < -0.4 is 14.2 Å². The van der Waals surface area contributed by atoms with Crippen molar-refractivity contribution in [2.45, 2.75) is 12.8 Å². The fourth-order valence-corrected chi connectivity index (χ4v) is 3.09. The SMILES string of the molecule is COc1ccc(CCCNS(=O)(=O)CCOc2ccc(F)cc2)cc1. The van der Waals surface area contributed by atoms with Crippen LogP contribution in [0.3, 0.4) is 0 Å². The summed E-state index contributed by atoms with van der Waals surface area (Å²) >= 11 is 0. The van der Waals surface area contributed by atoms with E-state index in [2.05, 4.69) is 4.72 Å². The lowest BCUT2D eigenvalue weighted by molar-refractivity contribution is 0.339. The van der Waals surface area contributed by atoms with Gasteiger partial charge in [-0.25, -0.2) is 17.5 Å². The maximum Gasteiger partial charge on any atom is 0.214 e. The molecule has 0 aliphatic heterocycles. The maximum absolute atomic E-state index is 12.8. The molecule has 0 spiro atoms. The average Bonchev–Trinajstić information content (AvgIpc) is 2.61. The lowest BCUT2D eigenvalue weighted by Crippen LogP contribution is -2.30. The molecular weight excluding hydrogens is 345 g/mol. The molecule has 0 heterocycles. The molecule has 0 radical (unpaired) electrons. The highest BCUT2D eigenvalue weighted by Crippen LogP contribution is 2.12. The van der Waals surface area contributed by atoms with Crippen molar-refractivity contribution in [2.75, 3.05) is 26.0 Å². The van der Waals surface area contributed by atoms with Gasteiger partial charge >= 0.3 is 0 Å². The van der Waals surface area contributed by atoms with Gasteiger partial charge in [-0.3, -0.25) is 0 Å². The van der Waals surface area contributed by atoms with Crippen molar-refractivity contribution in [1.29, 1.82) is 0 Å². The zero-order chi connectivity index (χ0) is 18.1. The highest BCUT2D eigenvalue weighted by atomic mass is 32.2. The summed E-state index contributed by atoms with van der Waals surface area (Å²) in [5, 5.41) is 0. The summed E-state index contributed by atoms with van der Waals surface area (Å²) in [4.78, 5) is 0. The number of nitrogens with one attached hydrogen (secondary N) is 1. The van der Waals surface area contributed by atoms with E-state index in [1.807, 2.05) is 24.3 Å². The van der Waals surface area contributed by atoms with Crippen LogP contribution >= 0.6 is 0 Å². The standard InChI is InChI=1S/C18H22FNO4S/c1-23-17-8-4-15(5-9-17)3-2-12-20-25(21,22)14-13-24-18-10-6-16(19)7-11-18/h4-11,20H,2-3,12-14H2,1H3. The minimum Gasteiger partial charge on any atom is -0.497 e. The second-order valence-electron chi connectivity index (χ2n) is 5.47. The Hall–Kier alpha value is -2.12. The van der Waals surface area contributed by atoms with Gasteiger partial charge in [0.05, 0.1) is 12.9 Å². The monoisotopic (exact) mass is 367 g/mol. The van der Waals surface area contributed by atoms with Crippen LogP contribution in [0.25, 0.3) is 0 Å². The van der Waals surface area contributed by atoms with E-state index in [0.29, 0.717) is 18.7 Å². The van der Waals surface area contributed by atoms with Gasteiger partial charge in [0, 0.05) is 6.54 Å². The minimum atomic E-state index is -3.39. The number of sulfonamides is 1. The molecule has 7 heteroatoms. The zero-order valence-electron chi connectivity index (χ0n) is 14.1. The van der Waals surface area contributed by atoms with Crippen molar-refractivity contribution in [3.8, 4) is 11.5 Å². The van der Waals surface area contributed by atoms with Crippen LogP contribution in [0.1, 0.15) is 12.0 Å². The first-order valence-corrected chi connectivity index (χ1v) is 9.62. The van der Waals surface area contributed by atoms with Crippen molar-refractivity contribution in [3.63, 3.8) is 0 Å². The van der Waals surface area contributed by atoms with E-state index in [0.717, 1.165) is 17.7 Å². The Morgan fingerprint density at radius 1 is 1.00 bits per heavy atom. The number of aryl methyl sites for hydroxylation is 1. The predicted molar refractivity (Wildman–Crippen MR) is 95.0 cm³/mol. The Kier molecular flexibility index (Phi) is 7.21. The minimum absolute atomic E-state index is 0.0133. The summed E-state index contributed by atoms with van der Waals surface area (Å²) < 4.78 is 49.5. The van der Waals surface area contributed by atoms with Crippen molar-refractivity contribution in [3.05, 3.63) is 59.9 Å². The van der Waals surface area contributed by atoms with Crippen LogP contribution in [0, 0.1) is 5.82 Å². The normalized spacial score (nSPS) is 11.3. The molecule has 0 aliphatic carbocycles. The van der Waals surface area contributed by atoms with E-state index < -0.39 is 10.0 Å². The molecule has 1 N–H and O–H groups in total. The summed E-state index contributed by atoms with van der Waals surface area (Å²) in [6.45, 7) is 0.379. The summed E-state index contributed by atoms with van der Waals surface area (Å²) in [5.41, 5.74) is 1.12. The summed E-state index contributed by atoms with van der Waals surface area (Å²) in [7, 11) is -1.78. The molecule has 2 aromatic rings. The maximum atomic E-state index is 12.8. The van der Waals surface area contributed by atoms with Gasteiger partial charge in [0.1, 0.15) is 23.9 Å². The van der Waals surface area contributed by atoms with Gasteiger partial charge < -0.3 is 9.47 Å². The van der Waals surface area contributed by atoms with Crippen LogP contribution in [0.4, 0.5) is 4.39 Å². The van der Waals surface area contributed by atoms with E-state index in [1.165, 1.54) is 24.3 Å². The molecule has 0 aromatic heterocycles. The number of benzene rings is 2. The van der Waals surface area contributed by atoms with Crippen molar-refractivity contribution in [1.82, 2.24) is 4.72 Å². The Balaban J connectivity index is 1.65. The van der Waals surface area contributed by atoms with Crippen LogP contribution in [-0.2, 0) is 16.4 Å². The Morgan fingerprint density at radius 3 is 2.28 bits per heavy atom. The first kappa shape index (κ1) is 19.2. The molecule has 136 valence electrons. The molecule has 2 rings (SSSR count). The lowest BCUT2D eigenvalue weighted by Gasteiger charge is -2.09. The molecule has 0 fully saturated rings. The first-order valence-electron chi connectivity index (χ1n) is 7.97.